The number of aryl methyl sites for hydroxylation is 1. The molecule has 3 N–H and O–H groups in total. The molecule has 0 radical (unpaired) electrons. The summed E-state index contributed by atoms with van der Waals surface area (Å²) in [6, 6.07) is 18.6. The SMILES string of the molecule is Cc1cccc2nnc(-c3ccc(Nc4cn(-c5c(Cl)cccc5Cl)nc4C(N)=O)cc3)n12. The van der Waals surface area contributed by atoms with Crippen molar-refractivity contribution in [3.63, 3.8) is 0 Å². The molecule has 0 aliphatic carbocycles. The highest BCUT2D eigenvalue weighted by atomic mass is 35.5. The van der Waals surface area contributed by atoms with Crippen molar-refractivity contribution < 1.29 is 4.79 Å². The maximum atomic E-state index is 12.0. The van der Waals surface area contributed by atoms with Crippen LogP contribution in [0.1, 0.15) is 16.2 Å². The zero-order valence-corrected chi connectivity index (χ0v) is 18.8. The van der Waals surface area contributed by atoms with Crippen LogP contribution in [0.5, 0.6) is 0 Å². The second-order valence-electron chi connectivity index (χ2n) is 7.36. The number of carbonyl (C=O) groups is 1. The zero-order chi connectivity index (χ0) is 23.1. The van der Waals surface area contributed by atoms with Gasteiger partial charge in [0.05, 0.1) is 21.9 Å². The third kappa shape index (κ3) is 3.79. The van der Waals surface area contributed by atoms with Crippen LogP contribution in [-0.2, 0) is 0 Å². The summed E-state index contributed by atoms with van der Waals surface area (Å²) in [5.41, 5.74) is 9.95. The number of aromatic nitrogens is 5. The van der Waals surface area contributed by atoms with E-state index in [9.17, 15) is 4.79 Å². The Labute approximate surface area is 198 Å². The van der Waals surface area contributed by atoms with E-state index >= 15 is 0 Å². The van der Waals surface area contributed by atoms with E-state index in [1.54, 1.807) is 24.4 Å². The van der Waals surface area contributed by atoms with E-state index in [0.717, 1.165) is 28.4 Å². The lowest BCUT2D eigenvalue weighted by Gasteiger charge is -2.07. The van der Waals surface area contributed by atoms with Crippen LogP contribution in [0.15, 0.2) is 66.9 Å². The Balaban J connectivity index is 1.48. The summed E-state index contributed by atoms with van der Waals surface area (Å²) in [7, 11) is 0. The quantitative estimate of drug-likeness (QED) is 0.369. The van der Waals surface area contributed by atoms with E-state index in [1.807, 2.05) is 53.8 Å². The fourth-order valence-corrected chi connectivity index (χ4v) is 4.19. The van der Waals surface area contributed by atoms with Gasteiger partial charge >= 0.3 is 0 Å². The first-order valence-corrected chi connectivity index (χ1v) is 10.7. The Morgan fingerprint density at radius 2 is 1.67 bits per heavy atom. The Morgan fingerprint density at radius 1 is 0.970 bits per heavy atom. The number of nitrogens with two attached hydrogens (primary N) is 1. The highest BCUT2D eigenvalue weighted by molar-refractivity contribution is 6.37. The largest absolute Gasteiger partial charge is 0.364 e. The Hall–Kier alpha value is -3.88. The molecular weight excluding hydrogens is 461 g/mol. The second-order valence-corrected chi connectivity index (χ2v) is 8.17. The summed E-state index contributed by atoms with van der Waals surface area (Å²) >= 11 is 12.6. The Kier molecular flexibility index (Phi) is 5.24. The first kappa shape index (κ1) is 21.0. The van der Waals surface area contributed by atoms with Gasteiger partial charge in [-0.25, -0.2) is 4.68 Å². The number of benzene rings is 2. The van der Waals surface area contributed by atoms with Gasteiger partial charge in [-0.1, -0.05) is 35.3 Å². The first-order valence-electron chi connectivity index (χ1n) is 9.94. The number of anilines is 2. The molecule has 2 aromatic carbocycles. The number of nitrogens with zero attached hydrogens (tertiary/aromatic N) is 5. The number of hydrogen-bond donors (Lipinski definition) is 2. The molecule has 0 aliphatic heterocycles. The van der Waals surface area contributed by atoms with Gasteiger partial charge in [-0.15, -0.1) is 10.2 Å². The standard InChI is InChI=1S/C23H17Cl2N7O/c1-13-4-2-7-19-28-29-23(32(13)19)14-8-10-15(11-9-14)27-18-12-31(30-20(18)22(26)33)21-16(24)5-3-6-17(21)25/h2-12,27H,1H3,(H2,26,33). The average Bonchev–Trinajstić information content (AvgIpc) is 3.40. The maximum Gasteiger partial charge on any atom is 0.271 e. The van der Waals surface area contributed by atoms with Gasteiger partial charge in [0.1, 0.15) is 5.69 Å². The summed E-state index contributed by atoms with van der Waals surface area (Å²) in [5.74, 6) is 0.0649. The van der Waals surface area contributed by atoms with Gasteiger partial charge in [-0.2, -0.15) is 5.10 Å². The van der Waals surface area contributed by atoms with Crippen molar-refractivity contribution in [1.82, 2.24) is 24.4 Å². The normalized spacial score (nSPS) is 11.1. The lowest BCUT2D eigenvalue weighted by atomic mass is 10.2. The number of pyridine rings is 1. The van der Waals surface area contributed by atoms with Crippen LogP contribution in [0, 0.1) is 6.92 Å². The molecule has 8 nitrogen and oxygen atoms in total. The van der Waals surface area contributed by atoms with E-state index in [0.29, 0.717) is 21.4 Å². The van der Waals surface area contributed by atoms with E-state index < -0.39 is 5.91 Å². The van der Waals surface area contributed by atoms with Crippen molar-refractivity contribution in [1.29, 1.82) is 0 Å². The third-order valence-corrected chi connectivity index (χ3v) is 5.77. The maximum absolute atomic E-state index is 12.0. The van der Waals surface area contributed by atoms with Crippen LogP contribution in [0.3, 0.4) is 0 Å². The van der Waals surface area contributed by atoms with Crippen LogP contribution in [0.4, 0.5) is 11.4 Å². The lowest BCUT2D eigenvalue weighted by molar-refractivity contribution is 0.0996. The smallest absolute Gasteiger partial charge is 0.271 e. The molecule has 5 aromatic rings. The van der Waals surface area contributed by atoms with Crippen LogP contribution < -0.4 is 11.1 Å². The van der Waals surface area contributed by atoms with Crippen molar-refractivity contribution in [3.8, 4) is 17.1 Å². The minimum atomic E-state index is -0.679. The van der Waals surface area contributed by atoms with E-state index in [-0.39, 0.29) is 5.69 Å². The Morgan fingerprint density at radius 3 is 2.36 bits per heavy atom. The number of para-hydroxylation sites is 1. The van der Waals surface area contributed by atoms with Gasteiger partial charge in [0.25, 0.3) is 5.91 Å². The topological polar surface area (TPSA) is 103 Å². The van der Waals surface area contributed by atoms with Crippen molar-refractivity contribution in [2.24, 2.45) is 5.73 Å². The van der Waals surface area contributed by atoms with E-state index in [4.69, 9.17) is 28.9 Å². The fourth-order valence-electron chi connectivity index (χ4n) is 3.61. The van der Waals surface area contributed by atoms with Gasteiger partial charge in [0, 0.05) is 16.9 Å². The number of halogens is 2. The zero-order valence-electron chi connectivity index (χ0n) is 17.3. The summed E-state index contributed by atoms with van der Waals surface area (Å²) in [5, 5.41) is 16.8. The molecule has 0 atom stereocenters. The number of nitrogens with one attached hydrogen (secondary N) is 1. The van der Waals surface area contributed by atoms with Crippen LogP contribution >= 0.6 is 23.2 Å². The predicted molar refractivity (Wildman–Crippen MR) is 129 cm³/mol. The molecule has 33 heavy (non-hydrogen) atoms. The fraction of sp³-hybridized carbons (Fsp3) is 0.0435. The molecule has 0 saturated carbocycles. The third-order valence-electron chi connectivity index (χ3n) is 5.16. The summed E-state index contributed by atoms with van der Waals surface area (Å²) in [6.07, 6.45) is 1.62. The van der Waals surface area contributed by atoms with Crippen molar-refractivity contribution in [3.05, 3.63) is 88.3 Å². The second kappa shape index (κ2) is 8.23. The first-order chi connectivity index (χ1) is 15.9. The molecule has 164 valence electrons. The predicted octanol–water partition coefficient (Wildman–Crippen LogP) is 5.04. The van der Waals surface area contributed by atoms with E-state index in [2.05, 4.69) is 20.6 Å². The van der Waals surface area contributed by atoms with Crippen molar-refractivity contribution in [2.45, 2.75) is 6.92 Å². The molecule has 0 saturated heterocycles. The lowest BCUT2D eigenvalue weighted by Crippen LogP contribution is -2.14. The highest BCUT2D eigenvalue weighted by Crippen LogP contribution is 2.31. The van der Waals surface area contributed by atoms with Crippen molar-refractivity contribution in [2.75, 3.05) is 5.32 Å². The molecule has 1 amide bonds. The number of amides is 1. The molecule has 0 spiro atoms. The summed E-state index contributed by atoms with van der Waals surface area (Å²) in [4.78, 5) is 12.0. The van der Waals surface area contributed by atoms with Gasteiger partial charge in [0.2, 0.25) is 0 Å². The number of carbonyl (C=O) groups excluding carboxylic acids is 1. The molecule has 0 bridgehead atoms. The van der Waals surface area contributed by atoms with Gasteiger partial charge in [0.15, 0.2) is 17.2 Å². The van der Waals surface area contributed by atoms with Crippen LogP contribution in [0.25, 0.3) is 22.7 Å². The van der Waals surface area contributed by atoms with E-state index in [1.165, 1.54) is 4.68 Å². The van der Waals surface area contributed by atoms with Crippen LogP contribution in [0.2, 0.25) is 10.0 Å². The summed E-state index contributed by atoms with van der Waals surface area (Å²) < 4.78 is 3.43. The molecular formula is C23H17Cl2N7O. The molecule has 0 aliphatic rings. The van der Waals surface area contributed by atoms with Crippen LogP contribution in [-0.4, -0.2) is 30.3 Å². The Bertz CT molecular complexity index is 1490. The number of fused-ring (bicyclic) bond motifs is 1. The monoisotopic (exact) mass is 477 g/mol. The molecule has 3 heterocycles. The van der Waals surface area contributed by atoms with Crippen molar-refractivity contribution >= 4 is 46.1 Å². The molecule has 3 aromatic heterocycles. The van der Waals surface area contributed by atoms with Gasteiger partial charge in [-0.05, 0) is 55.5 Å². The molecule has 5 rings (SSSR count). The highest BCUT2D eigenvalue weighted by Gasteiger charge is 2.18. The number of rotatable bonds is 5. The molecule has 10 heteroatoms. The minimum Gasteiger partial charge on any atom is -0.364 e. The molecule has 0 fully saturated rings. The van der Waals surface area contributed by atoms with Gasteiger partial charge < -0.3 is 11.1 Å². The van der Waals surface area contributed by atoms with Gasteiger partial charge in [-0.3, -0.25) is 9.20 Å². The average molecular weight is 478 g/mol. The summed E-state index contributed by atoms with van der Waals surface area (Å²) in [6.45, 7) is 2.00. The molecule has 0 unspecified atom stereocenters. The minimum absolute atomic E-state index is 0.0640. The number of primary amides is 1. The number of hydrogen-bond acceptors (Lipinski definition) is 5.